The molecule has 0 atom stereocenters. The molecule has 1 rings (SSSR count). The fraction of sp³-hybridized carbons (Fsp3) is 0.182. The molecule has 1 aromatic rings. The number of carbonyl (C=O) groups excluding carboxylic acids is 1. The summed E-state index contributed by atoms with van der Waals surface area (Å²) in [5.74, 6) is 0.448. The lowest BCUT2D eigenvalue weighted by atomic mass is 10.2. The van der Waals surface area contributed by atoms with E-state index in [1.807, 2.05) is 30.3 Å². The predicted octanol–water partition coefficient (Wildman–Crippen LogP) is 1.58. The molecule has 0 saturated carbocycles. The molecule has 2 N–H and O–H groups in total. The van der Waals surface area contributed by atoms with Gasteiger partial charge in [-0.1, -0.05) is 30.4 Å². The van der Waals surface area contributed by atoms with Gasteiger partial charge in [-0.3, -0.25) is 4.79 Å². The van der Waals surface area contributed by atoms with E-state index in [2.05, 4.69) is 0 Å². The maximum atomic E-state index is 10.5. The van der Waals surface area contributed by atoms with Crippen molar-refractivity contribution in [1.29, 1.82) is 0 Å². The zero-order valence-corrected chi connectivity index (χ0v) is 8.07. The molecule has 14 heavy (non-hydrogen) atoms. The van der Waals surface area contributed by atoms with Crippen LogP contribution in [-0.2, 0) is 4.79 Å². The highest BCUT2D eigenvalue weighted by molar-refractivity contribution is 5.76. The number of methoxy groups -OCH3 is 1. The van der Waals surface area contributed by atoms with Gasteiger partial charge in [-0.25, -0.2) is 0 Å². The van der Waals surface area contributed by atoms with E-state index in [0.717, 1.165) is 11.3 Å². The minimum Gasteiger partial charge on any atom is -0.496 e. The Kier molecular flexibility index (Phi) is 3.73. The summed E-state index contributed by atoms with van der Waals surface area (Å²) in [5, 5.41) is 0. The van der Waals surface area contributed by atoms with Gasteiger partial charge < -0.3 is 10.5 Å². The molecule has 3 heteroatoms. The van der Waals surface area contributed by atoms with E-state index in [-0.39, 0.29) is 12.3 Å². The first-order valence-corrected chi connectivity index (χ1v) is 4.32. The molecule has 0 aliphatic carbocycles. The lowest BCUT2D eigenvalue weighted by Gasteiger charge is -2.02. The minimum absolute atomic E-state index is 0.248. The van der Waals surface area contributed by atoms with Gasteiger partial charge in [0.2, 0.25) is 5.91 Å². The molecular formula is C11H13NO2. The Morgan fingerprint density at radius 3 is 2.86 bits per heavy atom. The molecule has 1 aromatic carbocycles. The van der Waals surface area contributed by atoms with Gasteiger partial charge in [0, 0.05) is 12.0 Å². The van der Waals surface area contributed by atoms with Crippen LogP contribution in [0.15, 0.2) is 30.3 Å². The molecule has 0 spiro atoms. The number of primary amides is 1. The Hall–Kier alpha value is -1.77. The zero-order chi connectivity index (χ0) is 10.4. The fourth-order valence-electron chi connectivity index (χ4n) is 1.11. The van der Waals surface area contributed by atoms with Gasteiger partial charge >= 0.3 is 0 Å². The molecule has 0 saturated heterocycles. The van der Waals surface area contributed by atoms with Gasteiger partial charge in [0.1, 0.15) is 5.75 Å². The van der Waals surface area contributed by atoms with Gasteiger partial charge in [-0.2, -0.15) is 0 Å². The number of hydrogen-bond donors (Lipinski definition) is 1. The van der Waals surface area contributed by atoms with Crippen LogP contribution < -0.4 is 10.5 Å². The highest BCUT2D eigenvalue weighted by Crippen LogP contribution is 2.18. The summed E-state index contributed by atoms with van der Waals surface area (Å²) in [6.07, 6.45) is 3.79. The summed E-state index contributed by atoms with van der Waals surface area (Å²) in [5.41, 5.74) is 5.95. The second-order valence-electron chi connectivity index (χ2n) is 2.81. The average Bonchev–Trinajstić information content (AvgIpc) is 2.18. The topological polar surface area (TPSA) is 52.3 Å². The highest BCUT2D eigenvalue weighted by atomic mass is 16.5. The number of carbonyl (C=O) groups is 1. The normalized spacial score (nSPS) is 10.4. The number of benzene rings is 1. The Morgan fingerprint density at radius 2 is 2.21 bits per heavy atom. The van der Waals surface area contributed by atoms with Crippen LogP contribution >= 0.6 is 0 Å². The smallest absolute Gasteiger partial charge is 0.221 e. The summed E-state index contributed by atoms with van der Waals surface area (Å²) in [7, 11) is 1.61. The van der Waals surface area contributed by atoms with E-state index in [0.29, 0.717) is 0 Å². The number of ether oxygens (including phenoxy) is 1. The van der Waals surface area contributed by atoms with Crippen LogP contribution in [0.2, 0.25) is 0 Å². The average molecular weight is 191 g/mol. The minimum atomic E-state index is -0.337. The van der Waals surface area contributed by atoms with E-state index in [1.54, 1.807) is 13.2 Å². The van der Waals surface area contributed by atoms with Crippen LogP contribution in [0, 0.1) is 0 Å². The number of amides is 1. The molecular weight excluding hydrogens is 178 g/mol. The van der Waals surface area contributed by atoms with Gasteiger partial charge in [0.05, 0.1) is 7.11 Å². The van der Waals surface area contributed by atoms with Crippen molar-refractivity contribution in [2.75, 3.05) is 7.11 Å². The second-order valence-corrected chi connectivity index (χ2v) is 2.81. The predicted molar refractivity (Wildman–Crippen MR) is 55.8 cm³/mol. The van der Waals surface area contributed by atoms with Crippen LogP contribution in [0.1, 0.15) is 12.0 Å². The molecule has 0 heterocycles. The van der Waals surface area contributed by atoms with Crippen LogP contribution in [-0.4, -0.2) is 13.0 Å². The molecule has 0 aliphatic rings. The first-order chi connectivity index (χ1) is 6.74. The SMILES string of the molecule is COc1ccccc1/C=C/CC(N)=O. The Labute approximate surface area is 83.2 Å². The van der Waals surface area contributed by atoms with Crippen LogP contribution in [0.25, 0.3) is 6.08 Å². The third-order valence-corrected chi connectivity index (χ3v) is 1.76. The van der Waals surface area contributed by atoms with E-state index < -0.39 is 0 Å². The standard InChI is InChI=1S/C11H13NO2/c1-14-10-7-3-2-5-9(10)6-4-8-11(12)13/h2-7H,8H2,1H3,(H2,12,13)/b6-4+. The van der Waals surface area contributed by atoms with Crippen molar-refractivity contribution >= 4 is 12.0 Å². The fourth-order valence-corrected chi connectivity index (χ4v) is 1.11. The van der Waals surface area contributed by atoms with Crippen molar-refractivity contribution in [2.24, 2.45) is 5.73 Å². The third-order valence-electron chi connectivity index (χ3n) is 1.76. The molecule has 74 valence electrons. The number of rotatable bonds is 4. The summed E-state index contributed by atoms with van der Waals surface area (Å²) >= 11 is 0. The van der Waals surface area contributed by atoms with Gasteiger partial charge in [0.15, 0.2) is 0 Å². The summed E-state index contributed by atoms with van der Waals surface area (Å²) < 4.78 is 5.14. The van der Waals surface area contributed by atoms with Gasteiger partial charge in [-0.05, 0) is 6.07 Å². The van der Waals surface area contributed by atoms with Gasteiger partial charge in [-0.15, -0.1) is 0 Å². The van der Waals surface area contributed by atoms with E-state index in [9.17, 15) is 4.79 Å². The van der Waals surface area contributed by atoms with Crippen molar-refractivity contribution in [3.05, 3.63) is 35.9 Å². The van der Waals surface area contributed by atoms with Crippen molar-refractivity contribution in [1.82, 2.24) is 0 Å². The molecule has 1 amide bonds. The molecule has 0 aromatic heterocycles. The number of nitrogens with two attached hydrogens (primary N) is 1. The number of para-hydroxylation sites is 1. The summed E-state index contributed by atoms with van der Waals surface area (Å²) in [4.78, 5) is 10.5. The molecule has 3 nitrogen and oxygen atoms in total. The van der Waals surface area contributed by atoms with E-state index in [1.165, 1.54) is 0 Å². The molecule has 0 fully saturated rings. The third kappa shape index (κ3) is 2.94. The Balaban J connectivity index is 2.75. The first-order valence-electron chi connectivity index (χ1n) is 4.32. The molecule has 0 bridgehead atoms. The van der Waals surface area contributed by atoms with Crippen molar-refractivity contribution in [2.45, 2.75) is 6.42 Å². The number of hydrogen-bond acceptors (Lipinski definition) is 2. The molecule has 0 radical (unpaired) electrons. The van der Waals surface area contributed by atoms with Crippen molar-refractivity contribution < 1.29 is 9.53 Å². The van der Waals surface area contributed by atoms with Crippen molar-refractivity contribution in [3.8, 4) is 5.75 Å². The van der Waals surface area contributed by atoms with Crippen LogP contribution in [0.3, 0.4) is 0 Å². The summed E-state index contributed by atoms with van der Waals surface area (Å²) in [6.45, 7) is 0. The molecule has 0 aliphatic heterocycles. The Morgan fingerprint density at radius 1 is 1.50 bits per heavy atom. The van der Waals surface area contributed by atoms with E-state index in [4.69, 9.17) is 10.5 Å². The van der Waals surface area contributed by atoms with E-state index >= 15 is 0 Å². The quantitative estimate of drug-likeness (QED) is 0.785. The van der Waals surface area contributed by atoms with Crippen LogP contribution in [0.5, 0.6) is 5.75 Å². The Bertz CT molecular complexity index is 345. The second kappa shape index (κ2) is 5.07. The lowest BCUT2D eigenvalue weighted by molar-refractivity contribution is -0.117. The highest BCUT2D eigenvalue weighted by Gasteiger charge is 1.96. The van der Waals surface area contributed by atoms with Gasteiger partial charge in [0.25, 0.3) is 0 Å². The first kappa shape index (κ1) is 10.3. The molecule has 0 unspecified atom stereocenters. The zero-order valence-electron chi connectivity index (χ0n) is 8.07. The van der Waals surface area contributed by atoms with Crippen molar-refractivity contribution in [3.63, 3.8) is 0 Å². The lowest BCUT2D eigenvalue weighted by Crippen LogP contribution is -2.07. The summed E-state index contributed by atoms with van der Waals surface area (Å²) in [6, 6.07) is 7.58. The van der Waals surface area contributed by atoms with Crippen LogP contribution in [0.4, 0.5) is 0 Å². The largest absolute Gasteiger partial charge is 0.496 e. The maximum absolute atomic E-state index is 10.5. The monoisotopic (exact) mass is 191 g/mol. The maximum Gasteiger partial charge on any atom is 0.221 e.